The van der Waals surface area contributed by atoms with Gasteiger partial charge in [0.1, 0.15) is 0 Å². The highest BCUT2D eigenvalue weighted by molar-refractivity contribution is 9.10. The van der Waals surface area contributed by atoms with Crippen LogP contribution < -0.4 is 5.73 Å². The summed E-state index contributed by atoms with van der Waals surface area (Å²) in [6.45, 7) is 0.542. The number of halogens is 1. The molecule has 1 fully saturated rings. The second-order valence-corrected chi connectivity index (χ2v) is 5.69. The molecule has 1 aliphatic carbocycles. The minimum atomic E-state index is -0.263. The molecule has 0 unspecified atom stereocenters. The maximum atomic E-state index is 11.9. The molecule has 1 aromatic carbocycles. The summed E-state index contributed by atoms with van der Waals surface area (Å²) in [4.78, 5) is 11.9. The monoisotopic (exact) mass is 311 g/mol. The van der Waals surface area contributed by atoms with Gasteiger partial charge in [-0.1, -0.05) is 19.3 Å². The maximum absolute atomic E-state index is 11.9. The lowest BCUT2D eigenvalue weighted by Crippen LogP contribution is -2.16. The summed E-state index contributed by atoms with van der Waals surface area (Å²) in [5, 5.41) is 0. The number of benzene rings is 1. The van der Waals surface area contributed by atoms with Crippen molar-refractivity contribution in [3.8, 4) is 0 Å². The molecule has 0 spiro atoms. The Balaban J connectivity index is 1.88. The Labute approximate surface area is 116 Å². The topological polar surface area (TPSA) is 52.3 Å². The van der Waals surface area contributed by atoms with Crippen molar-refractivity contribution in [3.05, 3.63) is 28.2 Å². The average molecular weight is 312 g/mol. The number of nitrogens with two attached hydrogens (primary N) is 1. The van der Waals surface area contributed by atoms with Crippen molar-refractivity contribution in [1.82, 2.24) is 0 Å². The van der Waals surface area contributed by atoms with Gasteiger partial charge < -0.3 is 10.5 Å². The fourth-order valence-electron chi connectivity index (χ4n) is 2.28. The first-order valence-electron chi connectivity index (χ1n) is 6.39. The number of esters is 1. The van der Waals surface area contributed by atoms with Crippen LogP contribution in [0.4, 0.5) is 5.69 Å². The Hall–Kier alpha value is -1.03. The molecule has 4 heteroatoms. The van der Waals surface area contributed by atoms with Crippen LogP contribution >= 0.6 is 15.9 Å². The molecule has 0 aliphatic heterocycles. The van der Waals surface area contributed by atoms with Crippen LogP contribution in [-0.4, -0.2) is 12.6 Å². The smallest absolute Gasteiger partial charge is 0.338 e. The molecule has 0 radical (unpaired) electrons. The maximum Gasteiger partial charge on any atom is 0.338 e. The van der Waals surface area contributed by atoms with Crippen LogP contribution in [0.3, 0.4) is 0 Å². The zero-order valence-electron chi connectivity index (χ0n) is 10.3. The van der Waals surface area contributed by atoms with E-state index >= 15 is 0 Å². The van der Waals surface area contributed by atoms with Gasteiger partial charge in [0, 0.05) is 10.2 Å². The molecule has 0 atom stereocenters. The third-order valence-electron chi connectivity index (χ3n) is 3.41. The van der Waals surface area contributed by atoms with E-state index in [9.17, 15) is 4.79 Å². The fourth-order valence-corrected chi connectivity index (χ4v) is 2.66. The van der Waals surface area contributed by atoms with Crippen LogP contribution in [0.1, 0.15) is 42.5 Å². The van der Waals surface area contributed by atoms with Gasteiger partial charge in [-0.3, -0.25) is 0 Å². The number of hydrogen-bond acceptors (Lipinski definition) is 3. The Morgan fingerprint density at radius 2 is 2.06 bits per heavy atom. The normalized spacial score (nSPS) is 16.5. The molecular formula is C14H18BrNO2. The number of ether oxygens (including phenoxy) is 1. The number of anilines is 1. The highest BCUT2D eigenvalue weighted by Gasteiger charge is 2.16. The van der Waals surface area contributed by atoms with E-state index in [0.29, 0.717) is 23.8 Å². The third kappa shape index (κ3) is 3.48. The third-order valence-corrected chi connectivity index (χ3v) is 4.10. The van der Waals surface area contributed by atoms with E-state index in [2.05, 4.69) is 15.9 Å². The number of carbonyl (C=O) groups excluding carboxylic acids is 1. The summed E-state index contributed by atoms with van der Waals surface area (Å²) in [7, 11) is 0. The summed E-state index contributed by atoms with van der Waals surface area (Å²) in [5.41, 5.74) is 6.85. The molecule has 0 amide bonds. The van der Waals surface area contributed by atoms with Gasteiger partial charge in [0.05, 0.1) is 12.2 Å². The van der Waals surface area contributed by atoms with Gasteiger partial charge in [0.15, 0.2) is 0 Å². The molecule has 0 bridgehead atoms. The van der Waals surface area contributed by atoms with Gasteiger partial charge >= 0.3 is 5.97 Å². The van der Waals surface area contributed by atoms with E-state index in [-0.39, 0.29) is 5.97 Å². The van der Waals surface area contributed by atoms with Crippen molar-refractivity contribution >= 4 is 27.6 Å². The van der Waals surface area contributed by atoms with Crippen molar-refractivity contribution in [2.45, 2.75) is 32.1 Å². The van der Waals surface area contributed by atoms with Gasteiger partial charge in [-0.05, 0) is 52.9 Å². The molecule has 1 aromatic rings. The predicted molar refractivity (Wildman–Crippen MR) is 75.4 cm³/mol. The van der Waals surface area contributed by atoms with Crippen LogP contribution in [0.5, 0.6) is 0 Å². The van der Waals surface area contributed by atoms with Crippen LogP contribution in [0.25, 0.3) is 0 Å². The summed E-state index contributed by atoms with van der Waals surface area (Å²) in [6, 6.07) is 5.11. The largest absolute Gasteiger partial charge is 0.462 e. The lowest BCUT2D eigenvalue weighted by Gasteiger charge is -2.21. The molecule has 98 valence electrons. The van der Waals surface area contributed by atoms with Crippen molar-refractivity contribution < 1.29 is 9.53 Å². The average Bonchev–Trinajstić information content (AvgIpc) is 2.40. The van der Waals surface area contributed by atoms with E-state index in [1.165, 1.54) is 32.1 Å². The molecule has 3 nitrogen and oxygen atoms in total. The number of hydrogen-bond donors (Lipinski definition) is 1. The van der Waals surface area contributed by atoms with Gasteiger partial charge in [0.25, 0.3) is 0 Å². The standard InChI is InChI=1S/C14H18BrNO2/c15-12-8-11(6-7-13(12)16)14(17)18-9-10-4-2-1-3-5-10/h6-8,10H,1-5,9,16H2. The minimum absolute atomic E-state index is 0.263. The van der Waals surface area contributed by atoms with Crippen LogP contribution in [0.2, 0.25) is 0 Å². The van der Waals surface area contributed by atoms with E-state index < -0.39 is 0 Å². The molecule has 18 heavy (non-hydrogen) atoms. The highest BCUT2D eigenvalue weighted by atomic mass is 79.9. The lowest BCUT2D eigenvalue weighted by molar-refractivity contribution is 0.0410. The molecule has 0 heterocycles. The predicted octanol–water partition coefficient (Wildman–Crippen LogP) is 3.77. The first-order valence-corrected chi connectivity index (χ1v) is 7.18. The fraction of sp³-hybridized carbons (Fsp3) is 0.500. The molecule has 0 aromatic heterocycles. The Morgan fingerprint density at radius 3 is 2.72 bits per heavy atom. The van der Waals surface area contributed by atoms with Crippen LogP contribution in [0.15, 0.2) is 22.7 Å². The second-order valence-electron chi connectivity index (χ2n) is 4.84. The van der Waals surface area contributed by atoms with Gasteiger partial charge in [-0.25, -0.2) is 4.79 Å². The van der Waals surface area contributed by atoms with Crippen LogP contribution in [0, 0.1) is 5.92 Å². The Bertz CT molecular complexity index is 428. The van der Waals surface area contributed by atoms with E-state index in [4.69, 9.17) is 10.5 Å². The summed E-state index contributed by atoms with van der Waals surface area (Å²) in [5.74, 6) is 0.279. The van der Waals surface area contributed by atoms with Crippen molar-refractivity contribution in [2.75, 3.05) is 12.3 Å². The van der Waals surface area contributed by atoms with E-state index in [0.717, 1.165) is 4.47 Å². The number of carbonyl (C=O) groups is 1. The van der Waals surface area contributed by atoms with Crippen LogP contribution in [-0.2, 0) is 4.74 Å². The van der Waals surface area contributed by atoms with E-state index in [1.807, 2.05) is 0 Å². The molecule has 2 N–H and O–H groups in total. The zero-order chi connectivity index (χ0) is 13.0. The first kappa shape index (κ1) is 13.4. The molecule has 1 saturated carbocycles. The van der Waals surface area contributed by atoms with Crippen molar-refractivity contribution in [2.24, 2.45) is 5.92 Å². The van der Waals surface area contributed by atoms with Crippen molar-refractivity contribution in [3.63, 3.8) is 0 Å². The van der Waals surface area contributed by atoms with E-state index in [1.54, 1.807) is 18.2 Å². The lowest BCUT2D eigenvalue weighted by atomic mass is 9.90. The molecular weight excluding hydrogens is 294 g/mol. The number of rotatable bonds is 3. The quantitative estimate of drug-likeness (QED) is 0.683. The Kier molecular flexibility index (Phi) is 4.64. The summed E-state index contributed by atoms with van der Waals surface area (Å²) >= 11 is 3.31. The van der Waals surface area contributed by atoms with Gasteiger partial charge in [0.2, 0.25) is 0 Å². The van der Waals surface area contributed by atoms with Crippen molar-refractivity contribution in [1.29, 1.82) is 0 Å². The molecule has 2 rings (SSSR count). The van der Waals surface area contributed by atoms with Gasteiger partial charge in [-0.15, -0.1) is 0 Å². The summed E-state index contributed by atoms with van der Waals surface area (Å²) in [6.07, 6.45) is 6.19. The second kappa shape index (κ2) is 6.23. The first-order chi connectivity index (χ1) is 8.66. The summed E-state index contributed by atoms with van der Waals surface area (Å²) < 4.78 is 6.09. The minimum Gasteiger partial charge on any atom is -0.462 e. The molecule has 0 saturated heterocycles. The zero-order valence-corrected chi connectivity index (χ0v) is 11.9. The Morgan fingerprint density at radius 1 is 1.33 bits per heavy atom. The number of nitrogen functional groups attached to an aromatic ring is 1. The molecule has 1 aliphatic rings. The SMILES string of the molecule is Nc1ccc(C(=O)OCC2CCCCC2)cc1Br. The van der Waals surface area contributed by atoms with Gasteiger partial charge in [-0.2, -0.15) is 0 Å². The highest BCUT2D eigenvalue weighted by Crippen LogP contribution is 2.25.